The molecule has 2 heterocycles. The summed E-state index contributed by atoms with van der Waals surface area (Å²) >= 11 is 0. The van der Waals surface area contributed by atoms with Gasteiger partial charge in [-0.25, -0.2) is 0 Å². The highest BCUT2D eigenvalue weighted by Gasteiger charge is 2.54. The first kappa shape index (κ1) is 12.2. The molecule has 2 N–H and O–H groups in total. The van der Waals surface area contributed by atoms with E-state index in [1.54, 1.807) is 13.8 Å². The summed E-state index contributed by atoms with van der Waals surface area (Å²) in [5.41, 5.74) is 0. The van der Waals surface area contributed by atoms with Gasteiger partial charge in [-0.2, -0.15) is 8.42 Å². The summed E-state index contributed by atoms with van der Waals surface area (Å²) in [4.78, 5) is 0. The van der Waals surface area contributed by atoms with Crippen LogP contribution in [0.4, 0.5) is 0 Å². The minimum atomic E-state index is -4.20. The summed E-state index contributed by atoms with van der Waals surface area (Å²) in [5.74, 6) is -1.53. The third-order valence-electron chi connectivity index (χ3n) is 2.49. The van der Waals surface area contributed by atoms with Crippen LogP contribution in [0.1, 0.15) is 13.8 Å². The van der Waals surface area contributed by atoms with Crippen molar-refractivity contribution in [3.8, 4) is 0 Å². The van der Waals surface area contributed by atoms with Crippen LogP contribution in [0.15, 0.2) is 0 Å². The second-order valence-corrected chi connectivity index (χ2v) is 5.88. The van der Waals surface area contributed by atoms with E-state index in [1.807, 2.05) is 0 Å². The highest BCUT2D eigenvalue weighted by molar-refractivity contribution is 7.85. The summed E-state index contributed by atoms with van der Waals surface area (Å²) in [6.07, 6.45) is -3.67. The summed E-state index contributed by atoms with van der Waals surface area (Å²) in [6, 6.07) is 0. The second kappa shape index (κ2) is 3.62. The number of fused-ring (bicyclic) bond motifs is 1. The van der Waals surface area contributed by atoms with Crippen molar-refractivity contribution in [3.63, 3.8) is 0 Å². The molecule has 0 spiro atoms. The molecule has 8 heteroatoms. The van der Waals surface area contributed by atoms with Crippen LogP contribution in [0.5, 0.6) is 0 Å². The van der Waals surface area contributed by atoms with E-state index in [0.29, 0.717) is 0 Å². The molecule has 2 aliphatic rings. The van der Waals surface area contributed by atoms with Crippen LogP contribution in [0, 0.1) is 0 Å². The molecule has 16 heavy (non-hydrogen) atoms. The molecule has 2 fully saturated rings. The van der Waals surface area contributed by atoms with E-state index in [0.717, 1.165) is 0 Å². The maximum atomic E-state index is 10.7. The number of hydrogen-bond acceptors (Lipinski definition) is 6. The fourth-order valence-electron chi connectivity index (χ4n) is 1.90. The van der Waals surface area contributed by atoms with Gasteiger partial charge in [-0.3, -0.25) is 4.55 Å². The molecule has 0 unspecified atom stereocenters. The lowest BCUT2D eigenvalue weighted by atomic mass is 10.1. The molecule has 94 valence electrons. The standard InChI is InChI=1S/C8H14O7S/c1-8(2)14-6-5(9)4(3-16(10,11)12)13-7(6)15-8/h4-7,9H,3H2,1-2H3,(H,10,11,12)/t4-,5+,6-,7-/m1/s1. The first-order chi connectivity index (χ1) is 7.18. The van der Waals surface area contributed by atoms with Crippen LogP contribution in [-0.2, 0) is 24.3 Å². The fraction of sp³-hybridized carbons (Fsp3) is 1.00. The topological polar surface area (TPSA) is 102 Å². The van der Waals surface area contributed by atoms with Gasteiger partial charge in [0.25, 0.3) is 10.1 Å². The lowest BCUT2D eigenvalue weighted by Crippen LogP contribution is -2.37. The van der Waals surface area contributed by atoms with Crippen molar-refractivity contribution in [1.82, 2.24) is 0 Å². The van der Waals surface area contributed by atoms with Gasteiger partial charge in [0.05, 0.1) is 0 Å². The molecule has 0 amide bonds. The Kier molecular flexibility index (Phi) is 2.76. The molecule has 0 aromatic heterocycles. The molecular formula is C8H14O7S. The molecule has 4 atom stereocenters. The largest absolute Gasteiger partial charge is 0.387 e. The van der Waals surface area contributed by atoms with E-state index in [-0.39, 0.29) is 0 Å². The summed E-state index contributed by atoms with van der Waals surface area (Å²) < 4.78 is 45.8. The predicted octanol–water partition coefficient (Wildman–Crippen LogP) is -0.888. The Morgan fingerprint density at radius 2 is 1.94 bits per heavy atom. The number of aliphatic hydroxyl groups is 1. The Morgan fingerprint density at radius 3 is 2.44 bits per heavy atom. The molecular weight excluding hydrogens is 240 g/mol. The molecule has 0 radical (unpaired) electrons. The molecule has 0 aromatic carbocycles. The van der Waals surface area contributed by atoms with Gasteiger partial charge < -0.3 is 19.3 Å². The second-order valence-electron chi connectivity index (χ2n) is 4.38. The van der Waals surface area contributed by atoms with E-state index in [1.165, 1.54) is 0 Å². The van der Waals surface area contributed by atoms with Gasteiger partial charge in [-0.1, -0.05) is 0 Å². The minimum Gasteiger partial charge on any atom is -0.387 e. The third-order valence-corrected chi connectivity index (χ3v) is 3.24. The zero-order valence-corrected chi connectivity index (χ0v) is 9.68. The molecule has 2 rings (SSSR count). The van der Waals surface area contributed by atoms with Crippen LogP contribution in [0.2, 0.25) is 0 Å². The smallest absolute Gasteiger partial charge is 0.267 e. The Labute approximate surface area is 93.0 Å². The molecule has 0 saturated carbocycles. The van der Waals surface area contributed by atoms with Crippen LogP contribution in [0.25, 0.3) is 0 Å². The van der Waals surface area contributed by atoms with Crippen molar-refractivity contribution in [2.45, 2.75) is 44.2 Å². The molecule has 7 nitrogen and oxygen atoms in total. The minimum absolute atomic E-state index is 0.672. The van der Waals surface area contributed by atoms with Gasteiger partial charge in [-0.15, -0.1) is 0 Å². The normalized spacial score (nSPS) is 42.2. The molecule has 0 aromatic rings. The fourth-order valence-corrected chi connectivity index (χ4v) is 2.59. The van der Waals surface area contributed by atoms with E-state index in [4.69, 9.17) is 18.8 Å². The molecule has 0 bridgehead atoms. The van der Waals surface area contributed by atoms with E-state index in [9.17, 15) is 13.5 Å². The molecule has 2 saturated heterocycles. The van der Waals surface area contributed by atoms with Crippen molar-refractivity contribution in [1.29, 1.82) is 0 Å². The Balaban J connectivity index is 2.06. The van der Waals surface area contributed by atoms with Crippen molar-refractivity contribution in [3.05, 3.63) is 0 Å². The average Bonchev–Trinajstić information content (AvgIpc) is 2.46. The third kappa shape index (κ3) is 2.36. The number of aliphatic hydroxyl groups excluding tert-OH is 1. The quantitative estimate of drug-likeness (QED) is 0.616. The van der Waals surface area contributed by atoms with Crippen LogP contribution < -0.4 is 0 Å². The molecule has 0 aliphatic carbocycles. The van der Waals surface area contributed by atoms with Crippen molar-refractivity contribution >= 4 is 10.1 Å². The predicted molar refractivity (Wildman–Crippen MR) is 51.1 cm³/mol. The van der Waals surface area contributed by atoms with Gasteiger partial charge in [0, 0.05) is 0 Å². The van der Waals surface area contributed by atoms with Crippen LogP contribution >= 0.6 is 0 Å². The first-order valence-electron chi connectivity index (χ1n) is 4.82. The van der Waals surface area contributed by atoms with E-state index < -0.39 is 46.3 Å². The Morgan fingerprint density at radius 1 is 1.31 bits per heavy atom. The average molecular weight is 254 g/mol. The van der Waals surface area contributed by atoms with Crippen molar-refractivity contribution < 1.29 is 32.3 Å². The lowest BCUT2D eigenvalue weighted by Gasteiger charge is -2.22. The maximum absolute atomic E-state index is 10.7. The maximum Gasteiger partial charge on any atom is 0.267 e. The zero-order chi connectivity index (χ0) is 12.1. The van der Waals surface area contributed by atoms with Gasteiger partial charge in [0.1, 0.15) is 24.1 Å². The number of hydrogen-bond donors (Lipinski definition) is 2. The monoisotopic (exact) mass is 254 g/mol. The summed E-state index contributed by atoms with van der Waals surface area (Å²) in [7, 11) is -4.20. The van der Waals surface area contributed by atoms with Crippen LogP contribution in [-0.4, -0.2) is 54.2 Å². The Hall–Kier alpha value is -0.250. The highest BCUT2D eigenvalue weighted by Crippen LogP contribution is 2.37. The van der Waals surface area contributed by atoms with Gasteiger partial charge in [0.2, 0.25) is 0 Å². The number of rotatable bonds is 2. The first-order valence-corrected chi connectivity index (χ1v) is 6.43. The van der Waals surface area contributed by atoms with Crippen molar-refractivity contribution in [2.24, 2.45) is 0 Å². The molecule has 2 aliphatic heterocycles. The van der Waals surface area contributed by atoms with Crippen LogP contribution in [0.3, 0.4) is 0 Å². The number of ether oxygens (including phenoxy) is 3. The summed E-state index contributed by atoms with van der Waals surface area (Å²) in [6.45, 7) is 3.33. The SMILES string of the molecule is CC1(C)O[C@H]2O[C@H](CS(=O)(=O)O)[C@H](O)[C@H]2O1. The van der Waals surface area contributed by atoms with Crippen molar-refractivity contribution in [2.75, 3.05) is 5.75 Å². The van der Waals surface area contributed by atoms with Gasteiger partial charge in [-0.05, 0) is 13.8 Å². The zero-order valence-electron chi connectivity index (χ0n) is 8.86. The van der Waals surface area contributed by atoms with Gasteiger partial charge in [0.15, 0.2) is 12.1 Å². The van der Waals surface area contributed by atoms with E-state index in [2.05, 4.69) is 0 Å². The highest BCUT2D eigenvalue weighted by atomic mass is 32.2. The van der Waals surface area contributed by atoms with E-state index >= 15 is 0 Å². The Bertz CT molecular complexity index is 376. The van der Waals surface area contributed by atoms with Gasteiger partial charge >= 0.3 is 0 Å². The lowest BCUT2D eigenvalue weighted by molar-refractivity contribution is -0.212. The summed E-state index contributed by atoms with van der Waals surface area (Å²) in [5, 5.41) is 9.75.